The van der Waals surface area contributed by atoms with Gasteiger partial charge in [0, 0.05) is 5.56 Å². The molecule has 0 radical (unpaired) electrons. The zero-order valence-electron chi connectivity index (χ0n) is 9.38. The lowest BCUT2D eigenvalue weighted by Gasteiger charge is -2.03. The van der Waals surface area contributed by atoms with Crippen LogP contribution in [0.5, 0.6) is 0 Å². The van der Waals surface area contributed by atoms with Crippen LogP contribution in [-0.4, -0.2) is 5.75 Å². The van der Waals surface area contributed by atoms with Gasteiger partial charge in [-0.2, -0.15) is 10.5 Å². The minimum Gasteiger partial charge on any atom is -0.396 e. The summed E-state index contributed by atoms with van der Waals surface area (Å²) in [7, 11) is 0. The Morgan fingerprint density at radius 1 is 1.22 bits per heavy atom. The maximum atomic E-state index is 9.03. The van der Waals surface area contributed by atoms with Crippen molar-refractivity contribution in [1.29, 1.82) is 10.5 Å². The zero-order valence-corrected chi connectivity index (χ0v) is 11.0. The first-order valence-corrected chi connectivity index (χ1v) is 6.95. The van der Waals surface area contributed by atoms with E-state index in [9.17, 15) is 0 Å². The number of thioether (sulfide) groups is 1. The molecule has 0 saturated carbocycles. The number of anilines is 1. The summed E-state index contributed by atoms with van der Waals surface area (Å²) < 4.78 is 0.928. The Morgan fingerprint density at radius 3 is 2.56 bits per heavy atom. The summed E-state index contributed by atoms with van der Waals surface area (Å²) >= 11 is 2.77. The predicted molar refractivity (Wildman–Crippen MR) is 75.2 cm³/mol. The average Bonchev–Trinajstić information content (AvgIpc) is 2.73. The third-order valence-corrected chi connectivity index (χ3v) is 4.59. The van der Waals surface area contributed by atoms with E-state index in [1.165, 1.54) is 23.1 Å². The zero-order chi connectivity index (χ0) is 13.0. The molecule has 2 rings (SSSR count). The van der Waals surface area contributed by atoms with Crippen molar-refractivity contribution < 1.29 is 0 Å². The van der Waals surface area contributed by atoms with Crippen LogP contribution in [0.2, 0.25) is 0 Å². The van der Waals surface area contributed by atoms with Crippen molar-refractivity contribution in [3.63, 3.8) is 0 Å². The SMILES string of the molecule is N#CCSc1sc(C#N)c(N)c1-c1ccccc1. The first-order chi connectivity index (χ1) is 8.77. The van der Waals surface area contributed by atoms with Crippen LogP contribution in [0.25, 0.3) is 11.1 Å². The maximum absolute atomic E-state index is 9.03. The van der Waals surface area contributed by atoms with Crippen molar-refractivity contribution in [2.45, 2.75) is 4.21 Å². The normalized spacial score (nSPS) is 9.67. The van der Waals surface area contributed by atoms with Crippen LogP contribution in [0.15, 0.2) is 34.5 Å². The molecule has 0 aliphatic carbocycles. The smallest absolute Gasteiger partial charge is 0.129 e. The fourth-order valence-corrected chi connectivity index (χ4v) is 3.59. The van der Waals surface area contributed by atoms with E-state index in [1.54, 1.807) is 0 Å². The summed E-state index contributed by atoms with van der Waals surface area (Å²) in [6, 6.07) is 13.9. The number of nitrogens with zero attached hydrogens (tertiary/aromatic N) is 2. The second kappa shape index (κ2) is 5.59. The fraction of sp³-hybridized carbons (Fsp3) is 0.0769. The molecule has 2 aromatic rings. The molecule has 88 valence electrons. The van der Waals surface area contributed by atoms with Gasteiger partial charge in [-0.3, -0.25) is 0 Å². The minimum atomic E-state index is 0.352. The van der Waals surface area contributed by atoms with Crippen molar-refractivity contribution in [2.24, 2.45) is 0 Å². The Kier molecular flexibility index (Phi) is 3.88. The number of nitriles is 2. The van der Waals surface area contributed by atoms with Crippen LogP contribution < -0.4 is 5.73 Å². The largest absolute Gasteiger partial charge is 0.396 e. The quantitative estimate of drug-likeness (QED) is 0.867. The molecular weight excluding hydrogens is 262 g/mol. The van der Waals surface area contributed by atoms with E-state index in [1.807, 2.05) is 30.3 Å². The van der Waals surface area contributed by atoms with Crippen LogP contribution in [0.3, 0.4) is 0 Å². The van der Waals surface area contributed by atoms with Crippen molar-refractivity contribution in [3.8, 4) is 23.3 Å². The Labute approximate surface area is 113 Å². The van der Waals surface area contributed by atoms with Gasteiger partial charge in [0.05, 0.1) is 21.7 Å². The molecule has 5 heteroatoms. The number of nitrogens with two attached hydrogens (primary N) is 1. The molecule has 1 aromatic heterocycles. The second-order valence-electron chi connectivity index (χ2n) is 3.43. The van der Waals surface area contributed by atoms with Crippen molar-refractivity contribution in [3.05, 3.63) is 35.2 Å². The topological polar surface area (TPSA) is 73.6 Å². The number of benzene rings is 1. The van der Waals surface area contributed by atoms with E-state index in [-0.39, 0.29) is 0 Å². The van der Waals surface area contributed by atoms with Crippen LogP contribution in [0.4, 0.5) is 5.69 Å². The molecule has 0 atom stereocenters. The average molecular weight is 271 g/mol. The molecule has 18 heavy (non-hydrogen) atoms. The molecule has 3 nitrogen and oxygen atoms in total. The number of nitrogen functional groups attached to an aromatic ring is 1. The molecule has 0 aliphatic heterocycles. The Hall–Kier alpha value is -1.95. The first kappa shape index (κ1) is 12.5. The summed E-state index contributed by atoms with van der Waals surface area (Å²) in [5.74, 6) is 0.352. The van der Waals surface area contributed by atoms with E-state index in [0.717, 1.165) is 15.3 Å². The lowest BCUT2D eigenvalue weighted by molar-refractivity contribution is 1.49. The van der Waals surface area contributed by atoms with Crippen molar-refractivity contribution in [1.82, 2.24) is 0 Å². The molecule has 0 amide bonds. The van der Waals surface area contributed by atoms with Crippen LogP contribution in [0.1, 0.15) is 4.88 Å². The molecule has 0 fully saturated rings. The van der Waals surface area contributed by atoms with Crippen molar-refractivity contribution in [2.75, 3.05) is 11.5 Å². The van der Waals surface area contributed by atoms with E-state index >= 15 is 0 Å². The highest BCUT2D eigenvalue weighted by Crippen LogP contribution is 2.44. The molecule has 2 N–H and O–H groups in total. The summed E-state index contributed by atoms with van der Waals surface area (Å²) in [5, 5.41) is 17.7. The number of hydrogen-bond acceptors (Lipinski definition) is 5. The number of hydrogen-bond donors (Lipinski definition) is 1. The molecule has 0 bridgehead atoms. The summed E-state index contributed by atoms with van der Waals surface area (Å²) in [6.07, 6.45) is 0. The van der Waals surface area contributed by atoms with E-state index in [4.69, 9.17) is 16.3 Å². The van der Waals surface area contributed by atoms with Gasteiger partial charge in [-0.15, -0.1) is 11.3 Å². The predicted octanol–water partition coefficient (Wildman–Crippen LogP) is 3.48. The summed E-state index contributed by atoms with van der Waals surface area (Å²) in [5.41, 5.74) is 8.37. The highest BCUT2D eigenvalue weighted by Gasteiger charge is 2.17. The second-order valence-corrected chi connectivity index (χ2v) is 5.70. The Morgan fingerprint density at radius 2 is 1.94 bits per heavy atom. The van der Waals surface area contributed by atoms with Gasteiger partial charge in [-0.25, -0.2) is 0 Å². The third kappa shape index (κ3) is 2.33. The van der Waals surface area contributed by atoms with Gasteiger partial charge in [-0.1, -0.05) is 42.1 Å². The van der Waals surface area contributed by atoms with Crippen LogP contribution in [-0.2, 0) is 0 Å². The highest BCUT2D eigenvalue weighted by atomic mass is 32.2. The number of rotatable bonds is 3. The monoisotopic (exact) mass is 271 g/mol. The third-order valence-electron chi connectivity index (χ3n) is 2.34. The Balaban J connectivity index is 2.55. The highest BCUT2D eigenvalue weighted by molar-refractivity contribution is 8.01. The van der Waals surface area contributed by atoms with Crippen LogP contribution >= 0.6 is 23.1 Å². The summed E-state index contributed by atoms with van der Waals surface area (Å²) in [4.78, 5) is 0.509. The van der Waals surface area contributed by atoms with Gasteiger partial charge < -0.3 is 5.73 Å². The van der Waals surface area contributed by atoms with Gasteiger partial charge in [0.1, 0.15) is 10.9 Å². The Bertz CT molecular complexity index is 633. The van der Waals surface area contributed by atoms with E-state index < -0.39 is 0 Å². The first-order valence-electron chi connectivity index (χ1n) is 5.15. The van der Waals surface area contributed by atoms with E-state index in [2.05, 4.69) is 12.1 Å². The minimum absolute atomic E-state index is 0.352. The fourth-order valence-electron chi connectivity index (χ4n) is 1.58. The van der Waals surface area contributed by atoms with Gasteiger partial charge in [0.15, 0.2) is 0 Å². The summed E-state index contributed by atoms with van der Waals surface area (Å²) in [6.45, 7) is 0. The lowest BCUT2D eigenvalue weighted by Crippen LogP contribution is -1.88. The van der Waals surface area contributed by atoms with Gasteiger partial charge in [0.2, 0.25) is 0 Å². The maximum Gasteiger partial charge on any atom is 0.129 e. The standard InChI is InChI=1S/C13H9N3S2/c14-6-7-17-13-11(9-4-2-1-3-5-9)12(16)10(8-15)18-13/h1-5H,7,16H2. The molecule has 1 heterocycles. The number of thiophene rings is 1. The van der Waals surface area contributed by atoms with Crippen LogP contribution in [0, 0.1) is 22.7 Å². The van der Waals surface area contributed by atoms with Gasteiger partial charge >= 0.3 is 0 Å². The van der Waals surface area contributed by atoms with Gasteiger partial charge in [-0.05, 0) is 5.56 Å². The molecule has 0 saturated heterocycles. The van der Waals surface area contributed by atoms with Gasteiger partial charge in [0.25, 0.3) is 0 Å². The molecule has 0 spiro atoms. The lowest BCUT2D eigenvalue weighted by atomic mass is 10.1. The molecule has 0 unspecified atom stereocenters. The molecule has 0 aliphatic rings. The van der Waals surface area contributed by atoms with E-state index in [0.29, 0.717) is 16.3 Å². The molecule has 1 aromatic carbocycles. The molecular formula is C13H9N3S2. The van der Waals surface area contributed by atoms with Crippen molar-refractivity contribution >= 4 is 28.8 Å².